The van der Waals surface area contributed by atoms with Crippen molar-refractivity contribution in [2.24, 2.45) is 0 Å². The van der Waals surface area contributed by atoms with Gasteiger partial charge in [-0.25, -0.2) is 13.8 Å². The standard InChI is InChI=1S/C10H12F4N2O/c1-2-17-7-4-3-5-15-8(7)16-6-10(13,14)9(11)12/h3-5,9H,2,6H2,1H3,(H,15,16). The molecule has 1 aromatic rings. The van der Waals surface area contributed by atoms with Crippen molar-refractivity contribution in [2.45, 2.75) is 19.3 Å². The van der Waals surface area contributed by atoms with Crippen LogP contribution in [0.15, 0.2) is 18.3 Å². The Morgan fingerprint density at radius 3 is 2.76 bits per heavy atom. The Kier molecular flexibility index (Phi) is 4.53. The van der Waals surface area contributed by atoms with Gasteiger partial charge in [-0.05, 0) is 19.1 Å². The zero-order chi connectivity index (χ0) is 12.9. The van der Waals surface area contributed by atoms with E-state index in [-0.39, 0.29) is 11.6 Å². The number of nitrogens with one attached hydrogen (secondary N) is 1. The molecule has 1 N–H and O–H groups in total. The van der Waals surface area contributed by atoms with E-state index in [4.69, 9.17) is 4.74 Å². The number of ether oxygens (including phenoxy) is 1. The second kappa shape index (κ2) is 5.70. The molecule has 96 valence electrons. The first-order valence-electron chi connectivity index (χ1n) is 4.95. The van der Waals surface area contributed by atoms with Crippen molar-refractivity contribution in [3.8, 4) is 5.75 Å². The van der Waals surface area contributed by atoms with Gasteiger partial charge in [0.05, 0.1) is 13.2 Å². The van der Waals surface area contributed by atoms with E-state index in [0.29, 0.717) is 6.61 Å². The number of alkyl halides is 4. The van der Waals surface area contributed by atoms with Gasteiger partial charge in [-0.2, -0.15) is 8.78 Å². The van der Waals surface area contributed by atoms with Crippen LogP contribution in [0.25, 0.3) is 0 Å². The monoisotopic (exact) mass is 252 g/mol. The van der Waals surface area contributed by atoms with E-state index < -0.39 is 18.9 Å². The van der Waals surface area contributed by atoms with E-state index >= 15 is 0 Å². The SMILES string of the molecule is CCOc1cccnc1NCC(F)(F)C(F)F. The minimum absolute atomic E-state index is 0.0228. The second-order valence-electron chi connectivity index (χ2n) is 3.20. The Labute approximate surface area is 95.8 Å². The number of pyridine rings is 1. The number of hydrogen-bond acceptors (Lipinski definition) is 3. The molecular formula is C10H12F4N2O. The maximum Gasteiger partial charge on any atom is 0.324 e. The van der Waals surface area contributed by atoms with Crippen LogP contribution in [-0.2, 0) is 0 Å². The van der Waals surface area contributed by atoms with Gasteiger partial charge in [-0.1, -0.05) is 0 Å². The second-order valence-corrected chi connectivity index (χ2v) is 3.20. The van der Waals surface area contributed by atoms with Gasteiger partial charge in [0.1, 0.15) is 0 Å². The minimum Gasteiger partial charge on any atom is -0.490 e. The third-order valence-electron chi connectivity index (χ3n) is 1.88. The van der Waals surface area contributed by atoms with Gasteiger partial charge in [0, 0.05) is 6.20 Å². The fraction of sp³-hybridized carbons (Fsp3) is 0.500. The molecule has 1 heterocycles. The van der Waals surface area contributed by atoms with Crippen LogP contribution < -0.4 is 10.1 Å². The third kappa shape index (κ3) is 3.76. The fourth-order valence-electron chi connectivity index (χ4n) is 1.07. The summed E-state index contributed by atoms with van der Waals surface area (Å²) in [5, 5.41) is 2.15. The van der Waals surface area contributed by atoms with E-state index in [1.54, 1.807) is 13.0 Å². The molecule has 0 saturated heterocycles. The summed E-state index contributed by atoms with van der Waals surface area (Å²) in [4.78, 5) is 3.75. The van der Waals surface area contributed by atoms with Crippen molar-refractivity contribution in [1.29, 1.82) is 0 Å². The predicted molar refractivity (Wildman–Crippen MR) is 54.8 cm³/mol. The largest absolute Gasteiger partial charge is 0.490 e. The number of nitrogens with zero attached hydrogens (tertiary/aromatic N) is 1. The van der Waals surface area contributed by atoms with Gasteiger partial charge in [-0.3, -0.25) is 0 Å². The average Bonchev–Trinajstić information content (AvgIpc) is 2.28. The molecule has 7 heteroatoms. The number of rotatable bonds is 6. The molecule has 0 bridgehead atoms. The third-order valence-corrected chi connectivity index (χ3v) is 1.88. The molecule has 0 aliphatic rings. The molecule has 0 spiro atoms. The van der Waals surface area contributed by atoms with E-state index in [1.165, 1.54) is 12.3 Å². The fourth-order valence-corrected chi connectivity index (χ4v) is 1.07. The van der Waals surface area contributed by atoms with Crippen molar-refractivity contribution in [2.75, 3.05) is 18.5 Å². The first-order valence-corrected chi connectivity index (χ1v) is 4.95. The first kappa shape index (κ1) is 13.5. The molecule has 0 aromatic carbocycles. The van der Waals surface area contributed by atoms with E-state index in [0.717, 1.165) is 0 Å². The number of aromatic nitrogens is 1. The highest BCUT2D eigenvalue weighted by atomic mass is 19.3. The normalized spacial score (nSPS) is 11.6. The molecule has 0 amide bonds. The lowest BCUT2D eigenvalue weighted by atomic mass is 10.3. The molecule has 1 rings (SSSR count). The van der Waals surface area contributed by atoms with Gasteiger partial charge in [0.25, 0.3) is 0 Å². The molecule has 0 radical (unpaired) electrons. The Balaban J connectivity index is 2.69. The lowest BCUT2D eigenvalue weighted by Gasteiger charge is -2.17. The molecule has 3 nitrogen and oxygen atoms in total. The van der Waals surface area contributed by atoms with Gasteiger partial charge >= 0.3 is 12.3 Å². The van der Waals surface area contributed by atoms with Gasteiger partial charge < -0.3 is 10.1 Å². The average molecular weight is 252 g/mol. The van der Waals surface area contributed by atoms with Gasteiger partial charge in [0.15, 0.2) is 11.6 Å². The van der Waals surface area contributed by atoms with Crippen molar-refractivity contribution in [3.05, 3.63) is 18.3 Å². The molecule has 0 saturated carbocycles. The molecule has 17 heavy (non-hydrogen) atoms. The number of halogens is 4. The van der Waals surface area contributed by atoms with E-state index in [1.807, 2.05) is 0 Å². The smallest absolute Gasteiger partial charge is 0.324 e. The van der Waals surface area contributed by atoms with Crippen LogP contribution in [0, 0.1) is 0 Å². The topological polar surface area (TPSA) is 34.1 Å². The molecule has 1 aromatic heterocycles. The maximum absolute atomic E-state index is 12.7. The quantitative estimate of drug-likeness (QED) is 0.790. The zero-order valence-corrected chi connectivity index (χ0v) is 9.09. The lowest BCUT2D eigenvalue weighted by Crippen LogP contribution is -2.35. The Morgan fingerprint density at radius 2 is 2.18 bits per heavy atom. The summed E-state index contributed by atoms with van der Waals surface area (Å²) in [6.45, 7) is 0.845. The van der Waals surface area contributed by atoms with Crippen LogP contribution in [0.4, 0.5) is 23.4 Å². The van der Waals surface area contributed by atoms with Crippen LogP contribution >= 0.6 is 0 Å². The molecule has 0 fully saturated rings. The summed E-state index contributed by atoms with van der Waals surface area (Å²) in [5.41, 5.74) is 0. The maximum atomic E-state index is 12.7. The van der Waals surface area contributed by atoms with Crippen molar-refractivity contribution >= 4 is 5.82 Å². The summed E-state index contributed by atoms with van der Waals surface area (Å²) >= 11 is 0. The highest BCUT2D eigenvalue weighted by Gasteiger charge is 2.40. The Hall–Kier alpha value is -1.53. The molecule has 0 atom stereocenters. The van der Waals surface area contributed by atoms with E-state index in [2.05, 4.69) is 10.3 Å². The van der Waals surface area contributed by atoms with E-state index in [9.17, 15) is 17.6 Å². The first-order chi connectivity index (χ1) is 7.97. The van der Waals surface area contributed by atoms with Crippen molar-refractivity contribution < 1.29 is 22.3 Å². The number of hydrogen-bond donors (Lipinski definition) is 1. The van der Waals surface area contributed by atoms with Gasteiger partial charge in [-0.15, -0.1) is 0 Å². The molecule has 0 unspecified atom stereocenters. The summed E-state index contributed by atoms with van der Waals surface area (Å²) in [5.74, 6) is -3.82. The summed E-state index contributed by atoms with van der Waals surface area (Å²) in [7, 11) is 0. The zero-order valence-electron chi connectivity index (χ0n) is 9.09. The molecule has 0 aliphatic heterocycles. The van der Waals surface area contributed by atoms with Crippen molar-refractivity contribution in [1.82, 2.24) is 4.98 Å². The minimum atomic E-state index is -4.10. The lowest BCUT2D eigenvalue weighted by molar-refractivity contribution is -0.117. The van der Waals surface area contributed by atoms with Gasteiger partial charge in [0.2, 0.25) is 0 Å². The highest BCUT2D eigenvalue weighted by molar-refractivity contribution is 5.49. The number of anilines is 1. The summed E-state index contributed by atoms with van der Waals surface area (Å²) in [6, 6.07) is 3.07. The summed E-state index contributed by atoms with van der Waals surface area (Å²) in [6.07, 6.45) is -2.36. The Bertz CT molecular complexity index is 360. The predicted octanol–water partition coefficient (Wildman–Crippen LogP) is 2.79. The van der Waals surface area contributed by atoms with Crippen LogP contribution in [0.3, 0.4) is 0 Å². The molecular weight excluding hydrogens is 240 g/mol. The van der Waals surface area contributed by atoms with Crippen LogP contribution in [0.2, 0.25) is 0 Å². The van der Waals surface area contributed by atoms with Crippen molar-refractivity contribution in [3.63, 3.8) is 0 Å². The summed E-state index contributed by atoms with van der Waals surface area (Å²) < 4.78 is 54.3. The van der Waals surface area contributed by atoms with Crippen LogP contribution in [0.5, 0.6) is 5.75 Å². The Morgan fingerprint density at radius 1 is 1.47 bits per heavy atom. The van der Waals surface area contributed by atoms with Crippen LogP contribution in [-0.4, -0.2) is 30.5 Å². The highest BCUT2D eigenvalue weighted by Crippen LogP contribution is 2.26. The van der Waals surface area contributed by atoms with Crippen LogP contribution in [0.1, 0.15) is 6.92 Å². The molecule has 0 aliphatic carbocycles.